The molecule has 0 saturated heterocycles. The van der Waals surface area contributed by atoms with Gasteiger partial charge in [-0.25, -0.2) is 0 Å². The van der Waals surface area contributed by atoms with Gasteiger partial charge < -0.3 is 10.6 Å². The van der Waals surface area contributed by atoms with Crippen LogP contribution in [0.1, 0.15) is 27.0 Å². The SMILES string of the molecule is NC(=O)[C@@H]1Cc2ccccc2CN1c1ccc(C(=O)c2ccccc2)cc1[N+](=O)[O-]. The zero-order valence-corrected chi connectivity index (χ0v) is 16.0. The summed E-state index contributed by atoms with van der Waals surface area (Å²) in [5.74, 6) is -0.857. The summed E-state index contributed by atoms with van der Waals surface area (Å²) >= 11 is 0. The lowest BCUT2D eigenvalue weighted by Gasteiger charge is -2.36. The average molecular weight is 401 g/mol. The Morgan fingerprint density at radius 3 is 2.27 bits per heavy atom. The molecule has 1 amide bonds. The summed E-state index contributed by atoms with van der Waals surface area (Å²) in [4.78, 5) is 37.8. The highest BCUT2D eigenvalue weighted by Gasteiger charge is 2.34. The van der Waals surface area contributed by atoms with Crippen molar-refractivity contribution in [2.24, 2.45) is 5.73 Å². The van der Waals surface area contributed by atoms with Crippen LogP contribution in [0.25, 0.3) is 0 Å². The van der Waals surface area contributed by atoms with Crippen LogP contribution in [0.5, 0.6) is 0 Å². The number of nitro benzene ring substituents is 1. The molecular formula is C23H19N3O4. The van der Waals surface area contributed by atoms with Crippen LogP contribution in [0.4, 0.5) is 11.4 Å². The van der Waals surface area contributed by atoms with Crippen LogP contribution in [0.15, 0.2) is 72.8 Å². The summed E-state index contributed by atoms with van der Waals surface area (Å²) in [6.07, 6.45) is 0.368. The first kappa shape index (κ1) is 19.3. The van der Waals surface area contributed by atoms with Gasteiger partial charge in [0.1, 0.15) is 11.7 Å². The van der Waals surface area contributed by atoms with Gasteiger partial charge >= 0.3 is 0 Å². The van der Waals surface area contributed by atoms with Crippen LogP contribution >= 0.6 is 0 Å². The lowest BCUT2D eigenvalue weighted by atomic mass is 9.92. The molecule has 1 heterocycles. The zero-order chi connectivity index (χ0) is 21.3. The van der Waals surface area contributed by atoms with E-state index in [0.29, 0.717) is 18.5 Å². The molecule has 0 fully saturated rings. The van der Waals surface area contributed by atoms with Crippen LogP contribution < -0.4 is 10.6 Å². The summed E-state index contributed by atoms with van der Waals surface area (Å²) in [7, 11) is 0. The second-order valence-corrected chi connectivity index (χ2v) is 7.17. The summed E-state index contributed by atoms with van der Waals surface area (Å²) < 4.78 is 0. The number of hydrogen-bond donors (Lipinski definition) is 1. The van der Waals surface area contributed by atoms with Crippen molar-refractivity contribution in [3.05, 3.63) is 105 Å². The molecule has 0 aliphatic carbocycles. The molecule has 0 unspecified atom stereocenters. The molecule has 4 rings (SSSR count). The topological polar surface area (TPSA) is 107 Å². The molecule has 0 aromatic heterocycles. The second-order valence-electron chi connectivity index (χ2n) is 7.17. The molecule has 7 heteroatoms. The molecule has 7 nitrogen and oxygen atoms in total. The fourth-order valence-electron chi connectivity index (χ4n) is 3.84. The smallest absolute Gasteiger partial charge is 0.293 e. The molecular weight excluding hydrogens is 382 g/mol. The van der Waals surface area contributed by atoms with E-state index in [2.05, 4.69) is 0 Å². The van der Waals surface area contributed by atoms with E-state index in [9.17, 15) is 19.7 Å². The summed E-state index contributed by atoms with van der Waals surface area (Å²) in [5.41, 5.74) is 8.30. The molecule has 3 aromatic carbocycles. The number of nitrogens with two attached hydrogens (primary N) is 1. The van der Waals surface area contributed by atoms with Crippen LogP contribution in [0, 0.1) is 10.1 Å². The zero-order valence-electron chi connectivity index (χ0n) is 16.0. The van der Waals surface area contributed by atoms with Gasteiger partial charge in [-0.15, -0.1) is 0 Å². The molecule has 30 heavy (non-hydrogen) atoms. The molecule has 0 saturated carbocycles. The number of carbonyl (C=O) groups excluding carboxylic acids is 2. The van der Waals surface area contributed by atoms with E-state index >= 15 is 0 Å². The number of nitro groups is 1. The number of ketones is 1. The predicted molar refractivity (Wildman–Crippen MR) is 112 cm³/mol. The minimum atomic E-state index is -0.714. The monoisotopic (exact) mass is 401 g/mol. The van der Waals surface area contributed by atoms with Gasteiger partial charge in [0.25, 0.3) is 5.69 Å². The molecule has 1 aliphatic rings. The third-order valence-electron chi connectivity index (χ3n) is 5.36. The Hall–Kier alpha value is -4.00. The van der Waals surface area contributed by atoms with Crippen molar-refractivity contribution in [3.8, 4) is 0 Å². The van der Waals surface area contributed by atoms with Gasteiger partial charge in [-0.05, 0) is 23.3 Å². The highest BCUT2D eigenvalue weighted by atomic mass is 16.6. The number of amides is 1. The first-order valence-corrected chi connectivity index (χ1v) is 9.46. The number of benzene rings is 3. The lowest BCUT2D eigenvalue weighted by molar-refractivity contribution is -0.384. The molecule has 1 aliphatic heterocycles. The van der Waals surface area contributed by atoms with E-state index < -0.39 is 16.9 Å². The molecule has 2 N–H and O–H groups in total. The van der Waals surface area contributed by atoms with Crippen molar-refractivity contribution in [1.29, 1.82) is 0 Å². The van der Waals surface area contributed by atoms with Crippen molar-refractivity contribution in [1.82, 2.24) is 0 Å². The quantitative estimate of drug-likeness (QED) is 0.401. The third kappa shape index (κ3) is 3.53. The van der Waals surface area contributed by atoms with Gasteiger partial charge in [0, 0.05) is 30.2 Å². The molecule has 0 spiro atoms. The van der Waals surface area contributed by atoms with Gasteiger partial charge in [-0.2, -0.15) is 0 Å². The number of rotatable bonds is 5. The molecule has 0 radical (unpaired) electrons. The minimum absolute atomic E-state index is 0.213. The van der Waals surface area contributed by atoms with Gasteiger partial charge in [0.05, 0.1) is 4.92 Å². The van der Waals surface area contributed by atoms with Gasteiger partial charge in [-0.1, -0.05) is 54.6 Å². The minimum Gasteiger partial charge on any atom is -0.368 e. The van der Waals surface area contributed by atoms with Crippen molar-refractivity contribution in [2.75, 3.05) is 4.90 Å². The normalized spacial score (nSPS) is 15.3. The van der Waals surface area contributed by atoms with Gasteiger partial charge in [-0.3, -0.25) is 19.7 Å². The van der Waals surface area contributed by atoms with E-state index in [1.54, 1.807) is 41.3 Å². The first-order valence-electron chi connectivity index (χ1n) is 9.46. The van der Waals surface area contributed by atoms with Crippen molar-refractivity contribution < 1.29 is 14.5 Å². The number of carbonyl (C=O) groups is 2. The van der Waals surface area contributed by atoms with E-state index in [4.69, 9.17) is 5.73 Å². The van der Waals surface area contributed by atoms with Gasteiger partial charge in [0.15, 0.2) is 5.78 Å². The highest BCUT2D eigenvalue weighted by Crippen LogP contribution is 2.36. The number of fused-ring (bicyclic) bond motifs is 1. The van der Waals surface area contributed by atoms with E-state index in [-0.39, 0.29) is 22.7 Å². The Morgan fingerprint density at radius 1 is 0.933 bits per heavy atom. The van der Waals surface area contributed by atoms with Crippen molar-refractivity contribution in [2.45, 2.75) is 19.0 Å². The van der Waals surface area contributed by atoms with E-state index in [0.717, 1.165) is 11.1 Å². The lowest BCUT2D eigenvalue weighted by Crippen LogP contribution is -2.49. The van der Waals surface area contributed by atoms with E-state index in [1.807, 2.05) is 24.3 Å². The van der Waals surface area contributed by atoms with Crippen LogP contribution in [0.2, 0.25) is 0 Å². The fourth-order valence-corrected chi connectivity index (χ4v) is 3.84. The Balaban J connectivity index is 1.77. The molecule has 3 aromatic rings. The Labute approximate surface area is 172 Å². The Bertz CT molecular complexity index is 1140. The highest BCUT2D eigenvalue weighted by molar-refractivity contribution is 6.09. The maximum Gasteiger partial charge on any atom is 0.293 e. The summed E-state index contributed by atoms with van der Waals surface area (Å²) in [6, 6.07) is 19.8. The molecule has 0 bridgehead atoms. The van der Waals surface area contributed by atoms with Crippen LogP contribution in [-0.2, 0) is 17.8 Å². The number of hydrogen-bond acceptors (Lipinski definition) is 5. The fraction of sp³-hybridized carbons (Fsp3) is 0.130. The number of anilines is 1. The standard InChI is InChI=1S/C23H19N3O4/c24-23(28)21-12-16-8-4-5-9-18(16)14-25(21)19-11-10-17(13-20(19)26(29)30)22(27)15-6-2-1-3-7-15/h1-11,13,21H,12,14H2,(H2,24,28)/t21-/m0/s1. The first-order chi connectivity index (χ1) is 14.5. The van der Waals surface area contributed by atoms with Gasteiger partial charge in [0.2, 0.25) is 5.91 Å². The Kier molecular flexibility index (Phi) is 5.02. The van der Waals surface area contributed by atoms with Crippen molar-refractivity contribution >= 4 is 23.1 Å². The average Bonchev–Trinajstić information content (AvgIpc) is 2.77. The van der Waals surface area contributed by atoms with Crippen molar-refractivity contribution in [3.63, 3.8) is 0 Å². The predicted octanol–water partition coefficient (Wildman–Crippen LogP) is 3.24. The third-order valence-corrected chi connectivity index (χ3v) is 5.36. The Morgan fingerprint density at radius 2 is 1.60 bits per heavy atom. The number of nitrogens with zero attached hydrogens (tertiary/aromatic N) is 2. The molecule has 1 atom stereocenters. The summed E-state index contributed by atoms with van der Waals surface area (Å²) in [6.45, 7) is 0.316. The number of primary amides is 1. The van der Waals surface area contributed by atoms with Crippen LogP contribution in [-0.4, -0.2) is 22.7 Å². The molecule has 150 valence electrons. The largest absolute Gasteiger partial charge is 0.368 e. The van der Waals surface area contributed by atoms with Crippen LogP contribution in [0.3, 0.4) is 0 Å². The summed E-state index contributed by atoms with van der Waals surface area (Å²) in [5, 5.41) is 11.8. The van der Waals surface area contributed by atoms with E-state index in [1.165, 1.54) is 12.1 Å². The maximum atomic E-state index is 12.7. The second kappa shape index (κ2) is 7.79. The maximum absolute atomic E-state index is 12.7.